The van der Waals surface area contributed by atoms with Crippen LogP contribution in [0.1, 0.15) is 11.6 Å². The average molecular weight is 206 g/mol. The molecule has 2 heterocycles. The van der Waals surface area contributed by atoms with Crippen molar-refractivity contribution in [3.05, 3.63) is 30.4 Å². The summed E-state index contributed by atoms with van der Waals surface area (Å²) in [6.45, 7) is 1.62. The summed E-state index contributed by atoms with van der Waals surface area (Å²) in [6, 6.07) is 0. The number of nitrogens with one attached hydrogen (secondary N) is 2. The first kappa shape index (κ1) is 9.85. The highest BCUT2D eigenvalue weighted by Gasteiger charge is 1.99. The molecule has 0 amide bonds. The van der Waals surface area contributed by atoms with Crippen LogP contribution in [0.3, 0.4) is 0 Å². The molecule has 6 heteroatoms. The van der Waals surface area contributed by atoms with Crippen LogP contribution < -0.4 is 5.32 Å². The lowest BCUT2D eigenvalue weighted by Gasteiger charge is -2.02. The molecule has 0 bridgehead atoms. The number of hydrogen-bond acceptors (Lipinski definition) is 4. The van der Waals surface area contributed by atoms with Gasteiger partial charge in [-0.25, -0.2) is 4.98 Å². The van der Waals surface area contributed by atoms with Crippen molar-refractivity contribution in [2.75, 3.05) is 6.54 Å². The van der Waals surface area contributed by atoms with Gasteiger partial charge in [-0.1, -0.05) is 0 Å². The van der Waals surface area contributed by atoms with E-state index in [0.717, 1.165) is 31.2 Å². The Bertz CT molecular complexity index is 390. The number of aromatic amines is 1. The molecule has 0 aromatic carbocycles. The molecule has 0 atom stereocenters. The topological polar surface area (TPSA) is 71.4 Å². The predicted molar refractivity (Wildman–Crippen MR) is 55.0 cm³/mol. The Morgan fingerprint density at radius 1 is 1.53 bits per heavy atom. The first-order valence-electron chi connectivity index (χ1n) is 4.88. The molecule has 0 spiro atoms. The number of imidazole rings is 1. The van der Waals surface area contributed by atoms with E-state index in [9.17, 15) is 0 Å². The SMILES string of the molecule is Cn1cnnc1CCNCc1ncc[nH]1. The summed E-state index contributed by atoms with van der Waals surface area (Å²) >= 11 is 0. The molecule has 0 aliphatic carbocycles. The van der Waals surface area contributed by atoms with Crippen LogP contribution in [0.4, 0.5) is 0 Å². The number of H-pyrrole nitrogens is 1. The van der Waals surface area contributed by atoms with Crippen molar-refractivity contribution in [1.82, 2.24) is 30.0 Å². The van der Waals surface area contributed by atoms with Gasteiger partial charge in [-0.2, -0.15) is 0 Å². The molecule has 2 aromatic rings. The molecule has 2 aromatic heterocycles. The number of aromatic nitrogens is 5. The minimum atomic E-state index is 0.755. The monoisotopic (exact) mass is 206 g/mol. The quantitative estimate of drug-likeness (QED) is 0.668. The average Bonchev–Trinajstić information content (AvgIpc) is 2.85. The second-order valence-electron chi connectivity index (χ2n) is 3.32. The Labute approximate surface area is 87.8 Å². The van der Waals surface area contributed by atoms with Gasteiger partial charge in [0.1, 0.15) is 18.0 Å². The van der Waals surface area contributed by atoms with Crippen LogP contribution in [0.5, 0.6) is 0 Å². The van der Waals surface area contributed by atoms with Crippen molar-refractivity contribution in [3.63, 3.8) is 0 Å². The molecule has 6 nitrogen and oxygen atoms in total. The molecule has 0 unspecified atom stereocenters. The molecule has 0 radical (unpaired) electrons. The van der Waals surface area contributed by atoms with Crippen LogP contribution in [-0.4, -0.2) is 31.3 Å². The zero-order chi connectivity index (χ0) is 10.5. The minimum absolute atomic E-state index is 0.755. The van der Waals surface area contributed by atoms with E-state index in [1.54, 1.807) is 12.5 Å². The lowest BCUT2D eigenvalue weighted by Crippen LogP contribution is -2.18. The van der Waals surface area contributed by atoms with Gasteiger partial charge in [0.2, 0.25) is 0 Å². The van der Waals surface area contributed by atoms with E-state index in [-0.39, 0.29) is 0 Å². The van der Waals surface area contributed by atoms with Crippen LogP contribution >= 0.6 is 0 Å². The standard InChI is InChI=1S/C9H14N6/c1-15-7-13-14-9(15)2-3-10-6-8-11-4-5-12-8/h4-5,7,10H,2-3,6H2,1H3,(H,11,12). The molecule has 0 aliphatic rings. The third-order valence-electron chi connectivity index (χ3n) is 2.18. The van der Waals surface area contributed by atoms with Crippen LogP contribution in [-0.2, 0) is 20.0 Å². The van der Waals surface area contributed by atoms with Gasteiger partial charge in [0, 0.05) is 32.4 Å². The molecule has 0 saturated heterocycles. The minimum Gasteiger partial charge on any atom is -0.348 e. The summed E-state index contributed by atoms with van der Waals surface area (Å²) in [5, 5.41) is 11.1. The van der Waals surface area contributed by atoms with Crippen molar-refractivity contribution in [2.45, 2.75) is 13.0 Å². The Morgan fingerprint density at radius 2 is 2.47 bits per heavy atom. The summed E-state index contributed by atoms with van der Waals surface area (Å²) in [6.07, 6.45) is 6.15. The van der Waals surface area contributed by atoms with Crippen molar-refractivity contribution in [2.24, 2.45) is 7.05 Å². The van der Waals surface area contributed by atoms with Gasteiger partial charge in [0.05, 0.1) is 6.54 Å². The number of hydrogen-bond donors (Lipinski definition) is 2. The Kier molecular flexibility index (Phi) is 3.08. The van der Waals surface area contributed by atoms with E-state index in [1.165, 1.54) is 0 Å². The van der Waals surface area contributed by atoms with Crippen LogP contribution in [0.25, 0.3) is 0 Å². The van der Waals surface area contributed by atoms with Crippen molar-refractivity contribution < 1.29 is 0 Å². The Morgan fingerprint density at radius 3 is 3.13 bits per heavy atom. The molecule has 15 heavy (non-hydrogen) atoms. The van der Waals surface area contributed by atoms with Gasteiger partial charge in [-0.05, 0) is 0 Å². The highest BCUT2D eigenvalue weighted by molar-refractivity contribution is 4.88. The highest BCUT2D eigenvalue weighted by atomic mass is 15.2. The number of nitrogens with zero attached hydrogens (tertiary/aromatic N) is 4. The molecule has 0 aliphatic heterocycles. The first-order chi connectivity index (χ1) is 7.36. The summed E-state index contributed by atoms with van der Waals surface area (Å²) in [5.41, 5.74) is 0. The fraction of sp³-hybridized carbons (Fsp3) is 0.444. The molecule has 2 N–H and O–H groups in total. The van der Waals surface area contributed by atoms with E-state index >= 15 is 0 Å². The van der Waals surface area contributed by atoms with Gasteiger partial charge in [-0.15, -0.1) is 10.2 Å². The summed E-state index contributed by atoms with van der Waals surface area (Å²) in [5.74, 6) is 1.94. The van der Waals surface area contributed by atoms with Gasteiger partial charge in [-0.3, -0.25) is 0 Å². The molecule has 0 saturated carbocycles. The maximum atomic E-state index is 4.12. The van der Waals surface area contributed by atoms with Crippen molar-refractivity contribution in [1.29, 1.82) is 0 Å². The van der Waals surface area contributed by atoms with E-state index in [1.807, 2.05) is 17.8 Å². The Hall–Kier alpha value is -1.69. The van der Waals surface area contributed by atoms with Crippen LogP contribution in [0.15, 0.2) is 18.7 Å². The molecule has 80 valence electrons. The molecule has 2 rings (SSSR count). The maximum absolute atomic E-state index is 4.12. The van der Waals surface area contributed by atoms with Gasteiger partial charge < -0.3 is 14.9 Å². The van der Waals surface area contributed by atoms with Crippen LogP contribution in [0, 0.1) is 0 Å². The zero-order valence-electron chi connectivity index (χ0n) is 8.64. The van der Waals surface area contributed by atoms with Crippen molar-refractivity contribution in [3.8, 4) is 0 Å². The lowest BCUT2D eigenvalue weighted by atomic mass is 10.4. The fourth-order valence-corrected chi connectivity index (χ4v) is 1.34. The van der Waals surface area contributed by atoms with Gasteiger partial charge in [0.25, 0.3) is 0 Å². The third kappa shape index (κ3) is 2.63. The number of rotatable bonds is 5. The normalized spacial score (nSPS) is 10.7. The third-order valence-corrected chi connectivity index (χ3v) is 2.18. The van der Waals surface area contributed by atoms with Gasteiger partial charge in [0.15, 0.2) is 0 Å². The van der Waals surface area contributed by atoms with E-state index in [4.69, 9.17) is 0 Å². The predicted octanol–water partition coefficient (Wildman–Crippen LogP) is -0.130. The smallest absolute Gasteiger partial charge is 0.133 e. The fourth-order valence-electron chi connectivity index (χ4n) is 1.34. The Balaban J connectivity index is 1.70. The van der Waals surface area contributed by atoms with Gasteiger partial charge >= 0.3 is 0 Å². The first-order valence-corrected chi connectivity index (χ1v) is 4.88. The van der Waals surface area contributed by atoms with E-state index < -0.39 is 0 Å². The molecular weight excluding hydrogens is 192 g/mol. The molecular formula is C9H14N6. The second kappa shape index (κ2) is 4.70. The zero-order valence-corrected chi connectivity index (χ0v) is 8.64. The second-order valence-corrected chi connectivity index (χ2v) is 3.32. The van der Waals surface area contributed by atoms with E-state index in [0.29, 0.717) is 0 Å². The lowest BCUT2D eigenvalue weighted by molar-refractivity contribution is 0.638. The summed E-state index contributed by atoms with van der Waals surface area (Å²) in [4.78, 5) is 7.15. The highest BCUT2D eigenvalue weighted by Crippen LogP contribution is 1.92. The summed E-state index contributed by atoms with van der Waals surface area (Å²) < 4.78 is 1.93. The maximum Gasteiger partial charge on any atom is 0.133 e. The number of aryl methyl sites for hydroxylation is 1. The van der Waals surface area contributed by atoms with Crippen LogP contribution in [0.2, 0.25) is 0 Å². The molecule has 0 fully saturated rings. The van der Waals surface area contributed by atoms with Crippen molar-refractivity contribution >= 4 is 0 Å². The largest absolute Gasteiger partial charge is 0.348 e. The summed E-state index contributed by atoms with van der Waals surface area (Å²) in [7, 11) is 1.95. The van der Waals surface area contributed by atoms with E-state index in [2.05, 4.69) is 25.5 Å².